The van der Waals surface area contributed by atoms with Crippen molar-refractivity contribution in [1.82, 2.24) is 10.2 Å². The summed E-state index contributed by atoms with van der Waals surface area (Å²) < 4.78 is 5.18. The molecule has 0 aromatic carbocycles. The lowest BCUT2D eigenvalue weighted by molar-refractivity contribution is -0.135. The van der Waals surface area contributed by atoms with Crippen LogP contribution < -0.4 is 5.32 Å². The first-order valence-corrected chi connectivity index (χ1v) is 6.82. The number of methoxy groups -OCH3 is 1. The average molecular weight is 240 g/mol. The minimum Gasteiger partial charge on any atom is -0.384 e. The summed E-state index contributed by atoms with van der Waals surface area (Å²) in [5, 5.41) is 3.34. The highest BCUT2D eigenvalue weighted by Gasteiger charge is 2.28. The van der Waals surface area contributed by atoms with Gasteiger partial charge in [0.2, 0.25) is 5.91 Å². The summed E-state index contributed by atoms with van der Waals surface area (Å²) in [5.41, 5.74) is 0. The van der Waals surface area contributed by atoms with E-state index in [1.54, 1.807) is 7.11 Å². The van der Waals surface area contributed by atoms with Crippen molar-refractivity contribution in [3.05, 3.63) is 0 Å². The van der Waals surface area contributed by atoms with Gasteiger partial charge in [0.15, 0.2) is 0 Å². The zero-order valence-corrected chi connectivity index (χ0v) is 10.8. The Balaban J connectivity index is 1.77. The smallest absolute Gasteiger partial charge is 0.239 e. The van der Waals surface area contributed by atoms with E-state index < -0.39 is 0 Å². The van der Waals surface area contributed by atoms with Crippen LogP contribution in [0.4, 0.5) is 0 Å². The lowest BCUT2D eigenvalue weighted by Gasteiger charge is -2.35. The maximum Gasteiger partial charge on any atom is 0.239 e. The normalized spacial score (nSPS) is 27.1. The van der Waals surface area contributed by atoms with Gasteiger partial charge in [0.25, 0.3) is 0 Å². The minimum atomic E-state index is 0.0859. The van der Waals surface area contributed by atoms with E-state index in [0.717, 1.165) is 45.5 Å². The summed E-state index contributed by atoms with van der Waals surface area (Å²) in [4.78, 5) is 14.3. The van der Waals surface area contributed by atoms with Crippen LogP contribution in [0.5, 0.6) is 0 Å². The molecular weight excluding hydrogens is 216 g/mol. The highest BCUT2D eigenvalue weighted by Crippen LogP contribution is 2.19. The molecule has 2 aliphatic rings. The van der Waals surface area contributed by atoms with Gasteiger partial charge in [-0.3, -0.25) is 4.79 Å². The molecule has 2 heterocycles. The number of rotatable bonds is 3. The monoisotopic (exact) mass is 240 g/mol. The van der Waals surface area contributed by atoms with Crippen molar-refractivity contribution in [2.45, 2.75) is 38.1 Å². The van der Waals surface area contributed by atoms with Gasteiger partial charge in [-0.05, 0) is 38.1 Å². The first-order chi connectivity index (χ1) is 8.31. The number of carbonyl (C=O) groups is 1. The molecule has 0 saturated carbocycles. The van der Waals surface area contributed by atoms with Crippen LogP contribution in [0.15, 0.2) is 0 Å². The van der Waals surface area contributed by atoms with E-state index in [0.29, 0.717) is 11.8 Å². The molecule has 1 atom stereocenters. The van der Waals surface area contributed by atoms with E-state index in [2.05, 4.69) is 5.32 Å². The molecule has 0 unspecified atom stereocenters. The Morgan fingerprint density at radius 3 is 2.65 bits per heavy atom. The van der Waals surface area contributed by atoms with Gasteiger partial charge < -0.3 is 15.0 Å². The molecule has 0 aliphatic carbocycles. The summed E-state index contributed by atoms with van der Waals surface area (Å²) in [6, 6.07) is 0.0859. The second-order valence-corrected chi connectivity index (χ2v) is 5.23. The lowest BCUT2D eigenvalue weighted by Crippen LogP contribution is -2.50. The molecule has 0 aromatic heterocycles. The van der Waals surface area contributed by atoms with Crippen molar-refractivity contribution in [1.29, 1.82) is 0 Å². The Hall–Kier alpha value is -0.610. The molecule has 2 fully saturated rings. The number of carbonyl (C=O) groups excluding carboxylic acids is 1. The zero-order chi connectivity index (χ0) is 12.1. The minimum absolute atomic E-state index is 0.0859. The molecule has 4 nitrogen and oxygen atoms in total. The fourth-order valence-electron chi connectivity index (χ4n) is 2.84. The number of amides is 1. The van der Waals surface area contributed by atoms with Crippen LogP contribution in [0.1, 0.15) is 32.1 Å². The predicted molar refractivity (Wildman–Crippen MR) is 66.8 cm³/mol. The number of likely N-dealkylation sites (tertiary alicyclic amines) is 1. The fraction of sp³-hybridized carbons (Fsp3) is 0.923. The Morgan fingerprint density at radius 1 is 1.29 bits per heavy atom. The van der Waals surface area contributed by atoms with Crippen molar-refractivity contribution in [2.24, 2.45) is 5.92 Å². The number of ether oxygens (including phenoxy) is 1. The van der Waals surface area contributed by atoms with Gasteiger partial charge in [-0.1, -0.05) is 6.42 Å². The number of nitrogens with zero attached hydrogens (tertiary/aromatic N) is 1. The van der Waals surface area contributed by atoms with Crippen LogP contribution >= 0.6 is 0 Å². The van der Waals surface area contributed by atoms with Crippen LogP contribution in [-0.2, 0) is 9.53 Å². The van der Waals surface area contributed by atoms with E-state index in [1.165, 1.54) is 12.8 Å². The van der Waals surface area contributed by atoms with Gasteiger partial charge in [-0.25, -0.2) is 0 Å². The molecule has 98 valence electrons. The molecule has 2 saturated heterocycles. The third-order valence-corrected chi connectivity index (χ3v) is 3.94. The molecule has 0 radical (unpaired) electrons. The van der Waals surface area contributed by atoms with Gasteiger partial charge in [-0.15, -0.1) is 0 Å². The van der Waals surface area contributed by atoms with Gasteiger partial charge in [-0.2, -0.15) is 0 Å². The largest absolute Gasteiger partial charge is 0.384 e. The van der Waals surface area contributed by atoms with Gasteiger partial charge >= 0.3 is 0 Å². The van der Waals surface area contributed by atoms with Gasteiger partial charge in [0.1, 0.15) is 0 Å². The van der Waals surface area contributed by atoms with E-state index in [4.69, 9.17) is 4.74 Å². The van der Waals surface area contributed by atoms with Crippen LogP contribution in [0.3, 0.4) is 0 Å². The second-order valence-electron chi connectivity index (χ2n) is 5.23. The van der Waals surface area contributed by atoms with Gasteiger partial charge in [0, 0.05) is 26.8 Å². The molecule has 17 heavy (non-hydrogen) atoms. The van der Waals surface area contributed by atoms with Gasteiger partial charge in [0.05, 0.1) is 6.04 Å². The lowest BCUT2D eigenvalue weighted by atomic mass is 9.96. The number of hydrogen-bond donors (Lipinski definition) is 1. The molecule has 2 rings (SSSR count). The number of piperidine rings is 2. The molecule has 4 heteroatoms. The summed E-state index contributed by atoms with van der Waals surface area (Å²) in [7, 11) is 1.75. The van der Waals surface area contributed by atoms with Crippen molar-refractivity contribution >= 4 is 5.91 Å². The van der Waals surface area contributed by atoms with E-state index in [9.17, 15) is 4.79 Å². The molecule has 0 aromatic rings. The zero-order valence-electron chi connectivity index (χ0n) is 10.8. The third-order valence-electron chi connectivity index (χ3n) is 3.94. The molecular formula is C13H24N2O2. The summed E-state index contributed by atoms with van der Waals surface area (Å²) in [6.45, 7) is 3.65. The van der Waals surface area contributed by atoms with E-state index in [-0.39, 0.29) is 6.04 Å². The predicted octanol–water partition coefficient (Wildman–Crippen LogP) is 1.01. The topological polar surface area (TPSA) is 41.6 Å². The highest BCUT2D eigenvalue weighted by molar-refractivity contribution is 5.82. The first-order valence-electron chi connectivity index (χ1n) is 6.82. The van der Waals surface area contributed by atoms with Crippen molar-refractivity contribution < 1.29 is 9.53 Å². The number of nitrogens with one attached hydrogen (secondary N) is 1. The van der Waals surface area contributed by atoms with Crippen LogP contribution in [0.2, 0.25) is 0 Å². The number of hydrogen-bond acceptors (Lipinski definition) is 3. The SMILES string of the molecule is COCC1CCN(C(=O)[C@@H]2CCCCN2)CC1. The van der Waals surface area contributed by atoms with E-state index >= 15 is 0 Å². The quantitative estimate of drug-likeness (QED) is 0.800. The first kappa shape index (κ1) is 12.8. The summed E-state index contributed by atoms with van der Waals surface area (Å²) in [6.07, 6.45) is 5.58. The van der Waals surface area contributed by atoms with Crippen molar-refractivity contribution in [2.75, 3.05) is 33.4 Å². The molecule has 0 spiro atoms. The summed E-state index contributed by atoms with van der Waals surface area (Å²) in [5.74, 6) is 0.962. The maximum atomic E-state index is 12.2. The third kappa shape index (κ3) is 3.42. The average Bonchev–Trinajstić information content (AvgIpc) is 2.40. The Bertz CT molecular complexity index is 244. The van der Waals surface area contributed by atoms with E-state index in [1.807, 2.05) is 4.90 Å². The Morgan fingerprint density at radius 2 is 2.06 bits per heavy atom. The fourth-order valence-corrected chi connectivity index (χ4v) is 2.84. The molecule has 1 N–H and O–H groups in total. The molecule has 2 aliphatic heterocycles. The summed E-state index contributed by atoms with van der Waals surface area (Å²) >= 11 is 0. The highest BCUT2D eigenvalue weighted by atomic mass is 16.5. The van der Waals surface area contributed by atoms with Crippen LogP contribution in [0, 0.1) is 5.92 Å². The molecule has 1 amide bonds. The second kappa shape index (κ2) is 6.36. The maximum absolute atomic E-state index is 12.2. The van der Waals surface area contributed by atoms with Crippen molar-refractivity contribution in [3.8, 4) is 0 Å². The molecule has 0 bridgehead atoms. The Kier molecular flexibility index (Phi) is 4.80. The van der Waals surface area contributed by atoms with Crippen LogP contribution in [-0.4, -0.2) is 50.2 Å². The Labute approximate surface area is 104 Å². The standard InChI is InChI=1S/C13H24N2O2/c1-17-10-11-5-8-15(9-6-11)13(16)12-4-2-3-7-14-12/h11-12,14H,2-10H2,1H3/t12-/m0/s1. The van der Waals surface area contributed by atoms with Crippen LogP contribution in [0.25, 0.3) is 0 Å². The van der Waals surface area contributed by atoms with Crippen molar-refractivity contribution in [3.63, 3.8) is 0 Å².